The Morgan fingerprint density at radius 1 is 1.53 bits per heavy atom. The number of halogens is 2. The van der Waals surface area contributed by atoms with Crippen LogP contribution in [-0.2, 0) is 10.7 Å². The first-order valence-corrected chi connectivity index (χ1v) is 5.30. The summed E-state index contributed by atoms with van der Waals surface area (Å²) in [5.41, 5.74) is 0.171. The number of carbonyl (C=O) groups is 1. The van der Waals surface area contributed by atoms with Crippen molar-refractivity contribution in [3.8, 4) is 0 Å². The van der Waals surface area contributed by atoms with Crippen LogP contribution in [0.1, 0.15) is 30.5 Å². The van der Waals surface area contributed by atoms with Crippen molar-refractivity contribution in [3.05, 3.63) is 35.4 Å². The summed E-state index contributed by atoms with van der Waals surface area (Å²) in [5.74, 6) is -4.02. The molecule has 1 aromatic rings. The molecule has 1 atom stereocenters. The highest BCUT2D eigenvalue weighted by atomic mass is 19.3. The van der Waals surface area contributed by atoms with E-state index in [4.69, 9.17) is 5.11 Å². The average molecular weight is 243 g/mol. The zero-order chi connectivity index (χ0) is 13.1. The summed E-state index contributed by atoms with van der Waals surface area (Å²) in [6.07, 6.45) is -0.312. The Hall–Kier alpha value is -1.49. The lowest BCUT2D eigenvalue weighted by Gasteiger charge is -2.17. The number of alkyl halides is 2. The Labute approximate surface area is 98.5 Å². The highest BCUT2D eigenvalue weighted by molar-refractivity contribution is 5.75. The molecule has 1 aromatic carbocycles. The maximum Gasteiger partial charge on any atom is 0.325 e. The zero-order valence-electron chi connectivity index (χ0n) is 9.71. The van der Waals surface area contributed by atoms with E-state index in [0.717, 1.165) is 0 Å². The van der Waals surface area contributed by atoms with Crippen molar-refractivity contribution in [1.29, 1.82) is 0 Å². The van der Waals surface area contributed by atoms with Crippen molar-refractivity contribution in [3.63, 3.8) is 0 Å². The van der Waals surface area contributed by atoms with Gasteiger partial charge in [-0.3, -0.25) is 4.79 Å². The Bertz CT molecular complexity index is 407. The molecule has 0 spiro atoms. The molecule has 0 amide bonds. The highest BCUT2D eigenvalue weighted by Gasteiger charge is 2.30. The standard InChI is InChI=1S/C12H15F2NO2/c1-3-12(13,14)9-6-4-5-8(7-9)10(15-2)11(16)17/h4-7,10,15H,3H2,1-2H3,(H,16,17). The predicted octanol–water partition coefficient (Wildman–Crippen LogP) is 2.53. The fourth-order valence-corrected chi connectivity index (χ4v) is 1.58. The van der Waals surface area contributed by atoms with Gasteiger partial charge in [0.15, 0.2) is 0 Å². The summed E-state index contributed by atoms with van der Waals surface area (Å²) in [6.45, 7) is 1.39. The predicted molar refractivity (Wildman–Crippen MR) is 60.1 cm³/mol. The van der Waals surface area contributed by atoms with Crippen LogP contribution in [0, 0.1) is 0 Å². The second-order valence-corrected chi connectivity index (χ2v) is 3.74. The van der Waals surface area contributed by atoms with Crippen LogP contribution in [0.2, 0.25) is 0 Å². The maximum atomic E-state index is 13.5. The minimum absolute atomic E-state index is 0.154. The smallest absolute Gasteiger partial charge is 0.325 e. The number of carboxylic acid groups (broad SMARTS) is 1. The van der Waals surface area contributed by atoms with E-state index in [1.54, 1.807) is 0 Å². The topological polar surface area (TPSA) is 49.3 Å². The molecular weight excluding hydrogens is 228 g/mol. The monoisotopic (exact) mass is 243 g/mol. The summed E-state index contributed by atoms with van der Waals surface area (Å²) >= 11 is 0. The number of rotatable bonds is 5. The lowest BCUT2D eigenvalue weighted by molar-refractivity contribution is -0.139. The van der Waals surface area contributed by atoms with Crippen molar-refractivity contribution in [1.82, 2.24) is 5.32 Å². The van der Waals surface area contributed by atoms with Gasteiger partial charge in [-0.05, 0) is 18.7 Å². The first kappa shape index (κ1) is 13.6. The number of aliphatic carboxylic acids is 1. The zero-order valence-corrected chi connectivity index (χ0v) is 9.71. The third kappa shape index (κ3) is 3.00. The van der Waals surface area contributed by atoms with Gasteiger partial charge in [-0.15, -0.1) is 0 Å². The van der Waals surface area contributed by atoms with Crippen molar-refractivity contribution in [2.75, 3.05) is 7.05 Å². The summed E-state index contributed by atoms with van der Waals surface area (Å²) in [6, 6.07) is 4.54. The van der Waals surface area contributed by atoms with Gasteiger partial charge in [0.25, 0.3) is 5.92 Å². The molecule has 0 aromatic heterocycles. The van der Waals surface area contributed by atoms with Crippen molar-refractivity contribution < 1.29 is 18.7 Å². The van der Waals surface area contributed by atoms with Crippen LogP contribution in [0.5, 0.6) is 0 Å². The molecule has 0 saturated carbocycles. The molecular formula is C12H15F2NO2. The Balaban J connectivity index is 3.12. The van der Waals surface area contributed by atoms with Crippen LogP contribution in [-0.4, -0.2) is 18.1 Å². The minimum atomic E-state index is -2.92. The molecule has 0 heterocycles. The molecule has 0 radical (unpaired) electrons. The summed E-state index contributed by atoms with van der Waals surface area (Å²) in [5, 5.41) is 11.5. The molecule has 0 fully saturated rings. The number of likely N-dealkylation sites (N-methyl/N-ethyl adjacent to an activating group) is 1. The van der Waals surface area contributed by atoms with Gasteiger partial charge in [0, 0.05) is 12.0 Å². The molecule has 1 rings (SSSR count). The second kappa shape index (κ2) is 5.23. The quantitative estimate of drug-likeness (QED) is 0.835. The SMILES string of the molecule is CCC(F)(F)c1cccc(C(NC)C(=O)O)c1. The van der Waals surface area contributed by atoms with Crippen LogP contribution >= 0.6 is 0 Å². The number of benzene rings is 1. The Kier molecular flexibility index (Phi) is 4.17. The number of hydrogen-bond donors (Lipinski definition) is 2. The van der Waals surface area contributed by atoms with Crippen molar-refractivity contribution in [2.24, 2.45) is 0 Å². The van der Waals surface area contributed by atoms with Crippen LogP contribution in [0.4, 0.5) is 8.78 Å². The van der Waals surface area contributed by atoms with E-state index < -0.39 is 17.9 Å². The van der Waals surface area contributed by atoms with Gasteiger partial charge in [0.05, 0.1) is 0 Å². The van der Waals surface area contributed by atoms with Gasteiger partial charge in [-0.1, -0.05) is 25.1 Å². The van der Waals surface area contributed by atoms with Crippen molar-refractivity contribution in [2.45, 2.75) is 25.3 Å². The lowest BCUT2D eigenvalue weighted by atomic mass is 9.99. The van der Waals surface area contributed by atoms with Gasteiger partial charge in [0.1, 0.15) is 6.04 Å². The number of carboxylic acids is 1. The van der Waals surface area contributed by atoms with Gasteiger partial charge in [-0.2, -0.15) is 0 Å². The van der Waals surface area contributed by atoms with E-state index in [2.05, 4.69) is 5.32 Å². The molecule has 5 heteroatoms. The number of hydrogen-bond acceptors (Lipinski definition) is 2. The van der Waals surface area contributed by atoms with Crippen LogP contribution < -0.4 is 5.32 Å². The number of nitrogens with one attached hydrogen (secondary N) is 1. The molecule has 1 unspecified atom stereocenters. The molecule has 94 valence electrons. The third-order valence-electron chi connectivity index (χ3n) is 2.62. The summed E-state index contributed by atoms with van der Waals surface area (Å²) in [4.78, 5) is 10.9. The van der Waals surface area contributed by atoms with E-state index in [9.17, 15) is 13.6 Å². The molecule has 0 saturated heterocycles. The fourth-order valence-electron chi connectivity index (χ4n) is 1.58. The van der Waals surface area contributed by atoms with E-state index in [1.807, 2.05) is 0 Å². The third-order valence-corrected chi connectivity index (χ3v) is 2.62. The van der Waals surface area contributed by atoms with Crippen LogP contribution in [0.3, 0.4) is 0 Å². The Morgan fingerprint density at radius 2 is 2.18 bits per heavy atom. The van der Waals surface area contributed by atoms with Gasteiger partial charge >= 0.3 is 5.97 Å². The first-order chi connectivity index (χ1) is 7.92. The maximum absolute atomic E-state index is 13.5. The molecule has 0 aliphatic carbocycles. The molecule has 2 N–H and O–H groups in total. The minimum Gasteiger partial charge on any atom is -0.480 e. The normalized spacial score (nSPS) is 13.4. The molecule has 0 aliphatic heterocycles. The molecule has 0 bridgehead atoms. The van der Waals surface area contributed by atoms with Crippen LogP contribution in [0.15, 0.2) is 24.3 Å². The van der Waals surface area contributed by atoms with Gasteiger partial charge in [0.2, 0.25) is 0 Å². The highest BCUT2D eigenvalue weighted by Crippen LogP contribution is 2.32. The van der Waals surface area contributed by atoms with E-state index in [0.29, 0.717) is 5.56 Å². The molecule has 17 heavy (non-hydrogen) atoms. The summed E-state index contributed by atoms with van der Waals surface area (Å²) < 4.78 is 26.9. The lowest BCUT2D eigenvalue weighted by Crippen LogP contribution is -2.25. The molecule has 0 aliphatic rings. The van der Waals surface area contributed by atoms with Gasteiger partial charge < -0.3 is 10.4 Å². The Morgan fingerprint density at radius 3 is 2.65 bits per heavy atom. The van der Waals surface area contributed by atoms with Gasteiger partial charge in [-0.25, -0.2) is 8.78 Å². The fraction of sp³-hybridized carbons (Fsp3) is 0.417. The van der Waals surface area contributed by atoms with E-state index in [-0.39, 0.29) is 12.0 Å². The average Bonchev–Trinajstić information content (AvgIpc) is 2.30. The summed E-state index contributed by atoms with van der Waals surface area (Å²) in [7, 11) is 1.48. The first-order valence-electron chi connectivity index (χ1n) is 5.30. The van der Waals surface area contributed by atoms with E-state index >= 15 is 0 Å². The second-order valence-electron chi connectivity index (χ2n) is 3.74. The largest absolute Gasteiger partial charge is 0.480 e. The van der Waals surface area contributed by atoms with E-state index in [1.165, 1.54) is 38.2 Å². The van der Waals surface area contributed by atoms with Crippen molar-refractivity contribution >= 4 is 5.97 Å². The van der Waals surface area contributed by atoms with Crippen LogP contribution in [0.25, 0.3) is 0 Å². The molecule has 3 nitrogen and oxygen atoms in total.